The smallest absolute Gasteiger partial charge is 0.337 e. The maximum atomic E-state index is 12.9. The molecule has 4 aliphatic rings. The molecule has 0 unspecified atom stereocenters. The second-order valence-corrected chi connectivity index (χ2v) is 8.92. The summed E-state index contributed by atoms with van der Waals surface area (Å²) in [5.74, 6) is 1.16. The lowest BCUT2D eigenvalue weighted by molar-refractivity contribution is -0.124. The molecule has 0 atom stereocenters. The van der Waals surface area contributed by atoms with Crippen molar-refractivity contribution in [2.24, 2.45) is 23.2 Å². The van der Waals surface area contributed by atoms with Crippen molar-refractivity contribution in [1.82, 2.24) is 0 Å². The van der Waals surface area contributed by atoms with Crippen molar-refractivity contribution in [3.05, 3.63) is 29.3 Å². The van der Waals surface area contributed by atoms with Crippen LogP contribution in [0.25, 0.3) is 0 Å². The van der Waals surface area contributed by atoms with Gasteiger partial charge in [-0.15, -0.1) is 0 Å². The van der Waals surface area contributed by atoms with Crippen molar-refractivity contribution in [1.29, 1.82) is 0 Å². The highest BCUT2D eigenvalue weighted by Crippen LogP contribution is 2.61. The Hall–Kier alpha value is -2.37. The number of ether oxygens (including phenoxy) is 2. The predicted octanol–water partition coefficient (Wildman–Crippen LogP) is 3.80. The molecule has 0 aromatic heterocycles. The number of rotatable bonds is 5. The molecular formula is C22H27NO5. The molecular weight excluding hydrogens is 358 g/mol. The Bertz CT molecular complexity index is 746. The molecule has 0 radical (unpaired) electrons. The van der Waals surface area contributed by atoms with E-state index in [2.05, 4.69) is 5.32 Å². The van der Waals surface area contributed by atoms with Crippen LogP contribution in [-0.4, -0.2) is 32.1 Å². The first-order valence-electron chi connectivity index (χ1n) is 10.0. The van der Waals surface area contributed by atoms with Crippen LogP contribution in [0, 0.1) is 23.2 Å². The van der Waals surface area contributed by atoms with Crippen molar-refractivity contribution >= 4 is 23.5 Å². The quantitative estimate of drug-likeness (QED) is 0.780. The van der Waals surface area contributed by atoms with Gasteiger partial charge in [0.2, 0.25) is 5.91 Å². The van der Waals surface area contributed by atoms with Crippen LogP contribution in [0.2, 0.25) is 0 Å². The Kier molecular flexibility index (Phi) is 4.89. The molecule has 1 aromatic rings. The van der Waals surface area contributed by atoms with Gasteiger partial charge >= 0.3 is 11.9 Å². The second-order valence-electron chi connectivity index (χ2n) is 8.92. The summed E-state index contributed by atoms with van der Waals surface area (Å²) in [6, 6.07) is 4.48. The van der Waals surface area contributed by atoms with E-state index < -0.39 is 11.9 Å². The number of carbonyl (C=O) groups excluding carboxylic acids is 3. The second kappa shape index (κ2) is 7.22. The minimum atomic E-state index is -0.567. The summed E-state index contributed by atoms with van der Waals surface area (Å²) in [6.45, 7) is 0. The van der Waals surface area contributed by atoms with E-state index >= 15 is 0 Å². The summed E-state index contributed by atoms with van der Waals surface area (Å²) in [6.07, 6.45) is 7.98. The van der Waals surface area contributed by atoms with Crippen LogP contribution in [0.4, 0.5) is 5.69 Å². The minimum absolute atomic E-state index is 0.0558. The molecule has 4 bridgehead atoms. The Morgan fingerprint density at radius 1 is 0.893 bits per heavy atom. The molecule has 1 N–H and O–H groups in total. The van der Waals surface area contributed by atoms with Gasteiger partial charge in [-0.25, -0.2) is 9.59 Å². The van der Waals surface area contributed by atoms with Gasteiger partial charge in [0.1, 0.15) is 0 Å². The molecule has 1 amide bonds. The zero-order valence-electron chi connectivity index (χ0n) is 16.5. The standard InChI is InChI=1S/C22H27NO5/c1-27-20(25)16-6-17(21(26)28-2)8-18(7-16)23-19(24)12-22-9-13-3-14(10-22)5-15(4-13)11-22/h6-8,13-15H,3-5,9-12H2,1-2H3,(H,23,24). The van der Waals surface area contributed by atoms with E-state index in [4.69, 9.17) is 9.47 Å². The number of carbonyl (C=O) groups is 3. The summed E-state index contributed by atoms with van der Waals surface area (Å²) in [5.41, 5.74) is 0.952. The van der Waals surface area contributed by atoms with E-state index in [1.807, 2.05) is 0 Å². The molecule has 4 saturated carbocycles. The molecule has 6 heteroatoms. The van der Waals surface area contributed by atoms with Crippen LogP contribution in [-0.2, 0) is 14.3 Å². The fraction of sp³-hybridized carbons (Fsp3) is 0.591. The lowest BCUT2D eigenvalue weighted by Gasteiger charge is -2.56. The Labute approximate surface area is 165 Å². The van der Waals surface area contributed by atoms with Crippen LogP contribution in [0.15, 0.2) is 18.2 Å². The Balaban J connectivity index is 1.51. The van der Waals surface area contributed by atoms with Gasteiger partial charge < -0.3 is 14.8 Å². The first kappa shape index (κ1) is 19.0. The molecule has 1 aromatic carbocycles. The molecule has 4 aliphatic carbocycles. The third-order valence-electron chi connectivity index (χ3n) is 6.76. The SMILES string of the molecule is COC(=O)c1cc(NC(=O)CC23CC4CC(CC(C4)C2)C3)cc(C(=O)OC)c1. The van der Waals surface area contributed by atoms with E-state index in [-0.39, 0.29) is 22.4 Å². The van der Waals surface area contributed by atoms with Crippen LogP contribution in [0.5, 0.6) is 0 Å². The molecule has 6 nitrogen and oxygen atoms in total. The molecule has 0 heterocycles. The molecule has 0 aliphatic heterocycles. The summed E-state index contributed by atoms with van der Waals surface area (Å²) >= 11 is 0. The Morgan fingerprint density at radius 2 is 1.36 bits per heavy atom. The molecule has 150 valence electrons. The predicted molar refractivity (Wildman–Crippen MR) is 103 cm³/mol. The maximum Gasteiger partial charge on any atom is 0.337 e. The lowest BCUT2D eigenvalue weighted by Crippen LogP contribution is -2.47. The highest BCUT2D eigenvalue weighted by molar-refractivity contribution is 5.99. The summed E-state index contributed by atoms with van der Waals surface area (Å²) < 4.78 is 9.50. The molecule has 0 saturated heterocycles. The topological polar surface area (TPSA) is 81.7 Å². The van der Waals surface area contributed by atoms with E-state index in [1.54, 1.807) is 0 Å². The number of benzene rings is 1. The lowest BCUT2D eigenvalue weighted by atomic mass is 9.49. The zero-order valence-corrected chi connectivity index (χ0v) is 16.5. The largest absolute Gasteiger partial charge is 0.465 e. The molecule has 5 rings (SSSR count). The maximum absolute atomic E-state index is 12.9. The van der Waals surface area contributed by atoms with Crippen molar-refractivity contribution in [3.63, 3.8) is 0 Å². The van der Waals surface area contributed by atoms with Gasteiger partial charge in [0.15, 0.2) is 0 Å². The fourth-order valence-electron chi connectivity index (χ4n) is 6.22. The number of nitrogens with one attached hydrogen (secondary N) is 1. The number of hydrogen-bond donors (Lipinski definition) is 1. The van der Waals surface area contributed by atoms with Crippen LogP contribution < -0.4 is 5.32 Å². The number of amides is 1. The molecule has 4 fully saturated rings. The average Bonchev–Trinajstić information content (AvgIpc) is 2.64. The van der Waals surface area contributed by atoms with Gasteiger partial charge in [-0.1, -0.05) is 0 Å². The normalized spacial score (nSPS) is 30.0. The van der Waals surface area contributed by atoms with Crippen molar-refractivity contribution in [2.75, 3.05) is 19.5 Å². The van der Waals surface area contributed by atoms with E-state index in [1.165, 1.54) is 51.7 Å². The van der Waals surface area contributed by atoms with Gasteiger partial charge in [0, 0.05) is 12.1 Å². The number of methoxy groups -OCH3 is 2. The highest BCUT2D eigenvalue weighted by Gasteiger charge is 2.51. The third-order valence-corrected chi connectivity index (χ3v) is 6.76. The van der Waals surface area contributed by atoms with Gasteiger partial charge in [0.05, 0.1) is 25.3 Å². The van der Waals surface area contributed by atoms with Gasteiger partial charge in [-0.2, -0.15) is 0 Å². The first-order valence-corrected chi connectivity index (χ1v) is 10.0. The zero-order chi connectivity index (χ0) is 19.9. The first-order chi connectivity index (χ1) is 13.4. The fourth-order valence-corrected chi connectivity index (χ4v) is 6.22. The summed E-state index contributed by atoms with van der Waals surface area (Å²) in [7, 11) is 2.55. The van der Waals surface area contributed by atoms with Crippen LogP contribution in [0.3, 0.4) is 0 Å². The van der Waals surface area contributed by atoms with E-state index in [9.17, 15) is 14.4 Å². The Morgan fingerprint density at radius 3 is 1.79 bits per heavy atom. The highest BCUT2D eigenvalue weighted by atomic mass is 16.5. The molecule has 0 spiro atoms. The van der Waals surface area contributed by atoms with Crippen molar-refractivity contribution in [2.45, 2.75) is 44.9 Å². The van der Waals surface area contributed by atoms with E-state index in [0.29, 0.717) is 12.1 Å². The number of hydrogen-bond acceptors (Lipinski definition) is 5. The van der Waals surface area contributed by atoms with Gasteiger partial charge in [-0.05, 0) is 79.9 Å². The number of esters is 2. The summed E-state index contributed by atoms with van der Waals surface area (Å²) in [5, 5.41) is 2.90. The van der Waals surface area contributed by atoms with Crippen LogP contribution >= 0.6 is 0 Å². The van der Waals surface area contributed by atoms with E-state index in [0.717, 1.165) is 37.0 Å². The minimum Gasteiger partial charge on any atom is -0.465 e. The van der Waals surface area contributed by atoms with Crippen molar-refractivity contribution in [3.8, 4) is 0 Å². The van der Waals surface area contributed by atoms with Crippen LogP contribution in [0.1, 0.15) is 65.7 Å². The number of anilines is 1. The average molecular weight is 385 g/mol. The molecule has 28 heavy (non-hydrogen) atoms. The van der Waals surface area contributed by atoms with Crippen molar-refractivity contribution < 1.29 is 23.9 Å². The monoisotopic (exact) mass is 385 g/mol. The van der Waals surface area contributed by atoms with Gasteiger partial charge in [0.25, 0.3) is 0 Å². The summed E-state index contributed by atoms with van der Waals surface area (Å²) in [4.78, 5) is 36.7. The van der Waals surface area contributed by atoms with Gasteiger partial charge in [-0.3, -0.25) is 4.79 Å². The third kappa shape index (κ3) is 3.64.